The first-order valence-corrected chi connectivity index (χ1v) is 6.87. The molecule has 1 aliphatic heterocycles. The van der Waals surface area contributed by atoms with Crippen LogP contribution in [0.5, 0.6) is 0 Å². The Hall–Kier alpha value is -0.770. The molecule has 2 N–H and O–H groups in total. The Labute approximate surface area is 125 Å². The van der Waals surface area contributed by atoms with Crippen LogP contribution in [0, 0.1) is 0 Å². The second-order valence-corrected chi connectivity index (χ2v) is 5.17. The minimum absolute atomic E-state index is 0. The van der Waals surface area contributed by atoms with Crippen LogP contribution < -0.4 is 5.73 Å². The fourth-order valence-corrected chi connectivity index (χ4v) is 2.74. The Bertz CT molecular complexity index is 424. The number of nitrogens with two attached hydrogens (primary N) is 1. The summed E-state index contributed by atoms with van der Waals surface area (Å²) in [5.41, 5.74) is 6.30. The summed E-state index contributed by atoms with van der Waals surface area (Å²) in [6.07, 6.45) is 4.20. The lowest BCUT2D eigenvalue weighted by Gasteiger charge is -2.35. The minimum atomic E-state index is 0. The number of likely N-dealkylation sites (tertiary alicyclic amines) is 1. The van der Waals surface area contributed by atoms with Gasteiger partial charge in [-0.2, -0.15) is 0 Å². The largest absolute Gasteiger partial charge is 0.336 e. The van der Waals surface area contributed by atoms with Gasteiger partial charge in [-0.1, -0.05) is 17.7 Å². The van der Waals surface area contributed by atoms with Gasteiger partial charge < -0.3 is 10.6 Å². The van der Waals surface area contributed by atoms with E-state index in [1.807, 2.05) is 17.0 Å². The van der Waals surface area contributed by atoms with E-state index >= 15 is 0 Å². The van der Waals surface area contributed by atoms with Crippen LogP contribution in [-0.2, 0) is 0 Å². The molecule has 1 aromatic rings. The van der Waals surface area contributed by atoms with E-state index in [0.29, 0.717) is 17.1 Å². The summed E-state index contributed by atoms with van der Waals surface area (Å²) in [5.74, 6) is 0.0793. The minimum Gasteiger partial charge on any atom is -0.336 e. The second kappa shape index (κ2) is 7.73. The van der Waals surface area contributed by atoms with Gasteiger partial charge in [-0.25, -0.2) is 0 Å². The van der Waals surface area contributed by atoms with Gasteiger partial charge in [0.1, 0.15) is 0 Å². The average molecular weight is 303 g/mol. The Morgan fingerprint density at radius 1 is 1.42 bits per heavy atom. The molecule has 1 fully saturated rings. The molecular weight excluding hydrogens is 283 g/mol. The van der Waals surface area contributed by atoms with Gasteiger partial charge in [0.05, 0.1) is 0 Å². The smallest absolute Gasteiger partial charge is 0.254 e. The van der Waals surface area contributed by atoms with E-state index in [1.54, 1.807) is 12.1 Å². The summed E-state index contributed by atoms with van der Waals surface area (Å²) in [6.45, 7) is 1.46. The number of hydrogen-bond donors (Lipinski definition) is 1. The van der Waals surface area contributed by atoms with Crippen LogP contribution in [0.1, 0.15) is 36.0 Å². The van der Waals surface area contributed by atoms with Crippen LogP contribution in [0.3, 0.4) is 0 Å². The lowest BCUT2D eigenvalue weighted by atomic mass is 9.98. The van der Waals surface area contributed by atoms with E-state index in [0.717, 1.165) is 25.8 Å². The van der Waals surface area contributed by atoms with E-state index in [2.05, 4.69) is 0 Å². The molecule has 0 saturated carbocycles. The van der Waals surface area contributed by atoms with Gasteiger partial charge in [0, 0.05) is 23.2 Å². The number of rotatable bonds is 3. The highest BCUT2D eigenvalue weighted by atomic mass is 35.5. The van der Waals surface area contributed by atoms with Crippen molar-refractivity contribution in [3.8, 4) is 0 Å². The molecule has 106 valence electrons. The summed E-state index contributed by atoms with van der Waals surface area (Å²) >= 11 is 5.93. The number of carbonyl (C=O) groups is 1. The van der Waals surface area contributed by atoms with Crippen molar-refractivity contribution in [3.63, 3.8) is 0 Å². The zero-order valence-corrected chi connectivity index (χ0v) is 12.4. The van der Waals surface area contributed by atoms with E-state index in [-0.39, 0.29) is 24.4 Å². The van der Waals surface area contributed by atoms with Gasteiger partial charge in [0.25, 0.3) is 5.91 Å². The number of halogens is 2. The quantitative estimate of drug-likeness (QED) is 0.932. The molecule has 0 aliphatic carbocycles. The zero-order valence-electron chi connectivity index (χ0n) is 10.8. The third kappa shape index (κ3) is 4.10. The third-order valence-electron chi connectivity index (χ3n) is 3.46. The first-order valence-electron chi connectivity index (χ1n) is 6.49. The van der Waals surface area contributed by atoms with Crippen molar-refractivity contribution < 1.29 is 4.79 Å². The molecule has 0 spiro atoms. The Kier molecular flexibility index (Phi) is 6.63. The van der Waals surface area contributed by atoms with Gasteiger partial charge in [-0.3, -0.25) is 4.79 Å². The molecule has 1 saturated heterocycles. The van der Waals surface area contributed by atoms with Crippen molar-refractivity contribution in [1.82, 2.24) is 4.90 Å². The molecule has 3 nitrogen and oxygen atoms in total. The molecule has 1 heterocycles. The molecule has 2 rings (SSSR count). The summed E-state index contributed by atoms with van der Waals surface area (Å²) in [4.78, 5) is 14.4. The van der Waals surface area contributed by atoms with Gasteiger partial charge in [0.2, 0.25) is 0 Å². The van der Waals surface area contributed by atoms with Crippen molar-refractivity contribution in [2.24, 2.45) is 5.73 Å². The van der Waals surface area contributed by atoms with Gasteiger partial charge in [-0.05, 0) is 50.4 Å². The number of nitrogens with zero attached hydrogens (tertiary/aromatic N) is 1. The summed E-state index contributed by atoms with van der Waals surface area (Å²) < 4.78 is 0. The van der Waals surface area contributed by atoms with E-state index in [4.69, 9.17) is 17.3 Å². The molecule has 0 aromatic heterocycles. The van der Waals surface area contributed by atoms with Crippen LogP contribution in [0.25, 0.3) is 0 Å². The summed E-state index contributed by atoms with van der Waals surface area (Å²) in [6, 6.07) is 7.44. The van der Waals surface area contributed by atoms with E-state index in [1.165, 1.54) is 6.42 Å². The van der Waals surface area contributed by atoms with Crippen LogP contribution in [0.15, 0.2) is 24.3 Å². The van der Waals surface area contributed by atoms with Crippen molar-refractivity contribution in [2.75, 3.05) is 13.1 Å². The van der Waals surface area contributed by atoms with Gasteiger partial charge >= 0.3 is 0 Å². The molecule has 5 heteroatoms. The Morgan fingerprint density at radius 2 is 2.21 bits per heavy atom. The Morgan fingerprint density at radius 3 is 2.89 bits per heavy atom. The molecule has 0 radical (unpaired) electrons. The van der Waals surface area contributed by atoms with E-state index in [9.17, 15) is 4.79 Å². The molecule has 19 heavy (non-hydrogen) atoms. The van der Waals surface area contributed by atoms with Crippen LogP contribution in [0.4, 0.5) is 0 Å². The fourth-order valence-electron chi connectivity index (χ4n) is 2.55. The number of hydrogen-bond acceptors (Lipinski definition) is 2. The Balaban J connectivity index is 0.00000180. The molecule has 1 aromatic carbocycles. The molecule has 1 unspecified atom stereocenters. The van der Waals surface area contributed by atoms with Crippen molar-refractivity contribution >= 4 is 29.9 Å². The lowest BCUT2D eigenvalue weighted by Crippen LogP contribution is -2.44. The van der Waals surface area contributed by atoms with Gasteiger partial charge in [-0.15, -0.1) is 12.4 Å². The van der Waals surface area contributed by atoms with Crippen LogP contribution in [0.2, 0.25) is 5.02 Å². The highest BCUT2D eigenvalue weighted by Gasteiger charge is 2.26. The standard InChI is InChI=1S/C14H19ClN2O.ClH/c15-12-5-3-4-11(10-12)14(18)17-9-2-1-6-13(17)7-8-16;/h3-5,10,13H,1-2,6-9,16H2;1H. The maximum absolute atomic E-state index is 12.5. The first-order chi connectivity index (χ1) is 8.72. The monoisotopic (exact) mass is 302 g/mol. The SMILES string of the molecule is Cl.NCCC1CCCCN1C(=O)c1cccc(Cl)c1. The molecule has 0 bridgehead atoms. The predicted molar refractivity (Wildman–Crippen MR) is 81.0 cm³/mol. The number of piperidine rings is 1. The average Bonchev–Trinajstić information content (AvgIpc) is 2.39. The molecule has 1 atom stereocenters. The number of amides is 1. The summed E-state index contributed by atoms with van der Waals surface area (Å²) in [7, 11) is 0. The van der Waals surface area contributed by atoms with Gasteiger partial charge in [0.15, 0.2) is 0 Å². The number of benzene rings is 1. The maximum atomic E-state index is 12.5. The van der Waals surface area contributed by atoms with Crippen LogP contribution >= 0.6 is 24.0 Å². The van der Waals surface area contributed by atoms with E-state index < -0.39 is 0 Å². The van der Waals surface area contributed by atoms with Crippen molar-refractivity contribution in [1.29, 1.82) is 0 Å². The maximum Gasteiger partial charge on any atom is 0.254 e. The highest BCUT2D eigenvalue weighted by Crippen LogP contribution is 2.22. The fraction of sp³-hybridized carbons (Fsp3) is 0.500. The third-order valence-corrected chi connectivity index (χ3v) is 3.69. The highest BCUT2D eigenvalue weighted by molar-refractivity contribution is 6.30. The predicted octanol–water partition coefficient (Wildman–Crippen LogP) is 3.11. The number of carbonyl (C=O) groups excluding carboxylic acids is 1. The molecule has 1 aliphatic rings. The molecular formula is C14H20Cl2N2O. The van der Waals surface area contributed by atoms with Crippen molar-refractivity contribution in [3.05, 3.63) is 34.9 Å². The second-order valence-electron chi connectivity index (χ2n) is 4.74. The van der Waals surface area contributed by atoms with Crippen LogP contribution in [-0.4, -0.2) is 29.9 Å². The lowest BCUT2D eigenvalue weighted by molar-refractivity contribution is 0.0605. The normalized spacial score (nSPS) is 18.8. The zero-order chi connectivity index (χ0) is 13.0. The summed E-state index contributed by atoms with van der Waals surface area (Å²) in [5, 5.41) is 0.605. The molecule has 1 amide bonds. The topological polar surface area (TPSA) is 46.3 Å². The first kappa shape index (κ1) is 16.3. The van der Waals surface area contributed by atoms with Crippen molar-refractivity contribution in [2.45, 2.75) is 31.7 Å².